The average molecular weight is 152 g/mol. The van der Waals surface area contributed by atoms with E-state index in [0.717, 1.165) is 24.9 Å². The summed E-state index contributed by atoms with van der Waals surface area (Å²) in [6, 6.07) is 2.20. The van der Waals surface area contributed by atoms with E-state index in [1.807, 2.05) is 0 Å². The van der Waals surface area contributed by atoms with Crippen LogP contribution in [-0.2, 0) is 0 Å². The van der Waals surface area contributed by atoms with Gasteiger partial charge in [0.1, 0.15) is 0 Å². The summed E-state index contributed by atoms with van der Waals surface area (Å²) >= 11 is 0. The van der Waals surface area contributed by atoms with Crippen molar-refractivity contribution in [3.63, 3.8) is 0 Å². The number of piperidine rings is 1. The fourth-order valence-electron chi connectivity index (χ4n) is 2.02. The van der Waals surface area contributed by atoms with Crippen LogP contribution in [0.5, 0.6) is 0 Å². The number of hydrogen-bond acceptors (Lipinski definition) is 2. The van der Waals surface area contributed by atoms with Crippen LogP contribution in [0.4, 0.5) is 0 Å². The lowest BCUT2D eigenvalue weighted by Gasteiger charge is -2.33. The molecule has 0 amide bonds. The Bertz CT molecular complexity index is 149. The maximum Gasteiger partial charge on any atom is 0.0866 e. The van der Waals surface area contributed by atoms with Gasteiger partial charge in [-0.3, -0.25) is 4.90 Å². The Morgan fingerprint density at radius 2 is 1.91 bits per heavy atom. The molecule has 1 rings (SSSR count). The first-order valence-electron chi connectivity index (χ1n) is 4.31. The molecule has 0 aromatic carbocycles. The van der Waals surface area contributed by atoms with Gasteiger partial charge in [-0.05, 0) is 18.3 Å². The summed E-state index contributed by atoms with van der Waals surface area (Å²) in [5.41, 5.74) is 0. The Morgan fingerprint density at radius 1 is 1.36 bits per heavy atom. The number of likely N-dealkylation sites (tertiary alicyclic amines) is 1. The van der Waals surface area contributed by atoms with Gasteiger partial charge < -0.3 is 0 Å². The second-order valence-electron chi connectivity index (χ2n) is 3.80. The van der Waals surface area contributed by atoms with Gasteiger partial charge in [-0.15, -0.1) is 0 Å². The SMILES string of the molecule is C[C@H]1C[C@H](C)CN(CC#N)C1. The molecular weight excluding hydrogens is 136 g/mol. The standard InChI is InChI=1S/C9H16N2/c1-8-5-9(2)7-11(6-8)4-3-10/h8-9H,4-7H2,1-2H3/t8-,9-/m0/s1. The quantitative estimate of drug-likeness (QED) is 0.532. The van der Waals surface area contributed by atoms with Crippen LogP contribution < -0.4 is 0 Å². The molecule has 2 atom stereocenters. The Morgan fingerprint density at radius 3 is 2.36 bits per heavy atom. The van der Waals surface area contributed by atoms with Crippen molar-refractivity contribution >= 4 is 0 Å². The van der Waals surface area contributed by atoms with E-state index in [1.54, 1.807) is 0 Å². The molecule has 1 saturated heterocycles. The number of nitrogens with zero attached hydrogens (tertiary/aromatic N) is 2. The molecule has 1 aliphatic heterocycles. The van der Waals surface area contributed by atoms with E-state index in [1.165, 1.54) is 6.42 Å². The smallest absolute Gasteiger partial charge is 0.0866 e. The van der Waals surface area contributed by atoms with Gasteiger partial charge in [-0.25, -0.2) is 0 Å². The molecule has 0 bridgehead atoms. The Hall–Kier alpha value is -0.550. The van der Waals surface area contributed by atoms with Crippen LogP contribution in [-0.4, -0.2) is 24.5 Å². The third-order valence-corrected chi connectivity index (χ3v) is 2.24. The molecule has 0 radical (unpaired) electrons. The lowest BCUT2D eigenvalue weighted by Crippen LogP contribution is -2.38. The molecule has 11 heavy (non-hydrogen) atoms. The summed E-state index contributed by atoms with van der Waals surface area (Å²) in [5.74, 6) is 1.54. The molecule has 1 aliphatic rings. The molecule has 0 aromatic rings. The van der Waals surface area contributed by atoms with E-state index >= 15 is 0 Å². The first-order valence-corrected chi connectivity index (χ1v) is 4.31. The van der Waals surface area contributed by atoms with E-state index in [2.05, 4.69) is 24.8 Å². The predicted octanol–water partition coefficient (Wildman–Crippen LogP) is 1.49. The third kappa shape index (κ3) is 2.51. The normalized spacial score (nSPS) is 33.2. The van der Waals surface area contributed by atoms with Gasteiger partial charge in [-0.2, -0.15) is 5.26 Å². The zero-order valence-electron chi connectivity index (χ0n) is 7.38. The van der Waals surface area contributed by atoms with Crippen molar-refractivity contribution in [3.8, 4) is 6.07 Å². The summed E-state index contributed by atoms with van der Waals surface area (Å²) in [6.45, 7) is 7.35. The topological polar surface area (TPSA) is 27.0 Å². The molecule has 1 heterocycles. The van der Waals surface area contributed by atoms with Crippen molar-refractivity contribution in [1.82, 2.24) is 4.90 Å². The van der Waals surface area contributed by atoms with Crippen molar-refractivity contribution in [2.75, 3.05) is 19.6 Å². The minimum Gasteiger partial charge on any atom is -0.290 e. The molecule has 0 aliphatic carbocycles. The van der Waals surface area contributed by atoms with Gasteiger partial charge in [0.05, 0.1) is 12.6 Å². The molecule has 1 fully saturated rings. The Kier molecular flexibility index (Phi) is 2.90. The van der Waals surface area contributed by atoms with Crippen LogP contribution in [0.3, 0.4) is 0 Å². The van der Waals surface area contributed by atoms with Gasteiger partial charge in [0, 0.05) is 13.1 Å². The fourth-order valence-corrected chi connectivity index (χ4v) is 2.02. The largest absolute Gasteiger partial charge is 0.290 e. The average Bonchev–Trinajstić information content (AvgIpc) is 1.85. The minimum atomic E-state index is 0.606. The molecule has 0 N–H and O–H groups in total. The summed E-state index contributed by atoms with van der Waals surface area (Å²) < 4.78 is 0. The molecule has 0 spiro atoms. The highest BCUT2D eigenvalue weighted by atomic mass is 15.1. The van der Waals surface area contributed by atoms with Crippen molar-refractivity contribution in [1.29, 1.82) is 5.26 Å². The van der Waals surface area contributed by atoms with E-state index in [0.29, 0.717) is 6.54 Å². The fraction of sp³-hybridized carbons (Fsp3) is 0.889. The van der Waals surface area contributed by atoms with Gasteiger partial charge in [0.25, 0.3) is 0 Å². The molecule has 0 unspecified atom stereocenters. The first-order chi connectivity index (χ1) is 5.22. The summed E-state index contributed by atoms with van der Waals surface area (Å²) in [7, 11) is 0. The van der Waals surface area contributed by atoms with Crippen LogP contribution in [0.15, 0.2) is 0 Å². The van der Waals surface area contributed by atoms with Crippen molar-refractivity contribution < 1.29 is 0 Å². The lowest BCUT2D eigenvalue weighted by atomic mass is 9.92. The number of hydrogen-bond donors (Lipinski definition) is 0. The third-order valence-electron chi connectivity index (χ3n) is 2.24. The Labute approximate surface area is 68.8 Å². The maximum atomic E-state index is 8.50. The van der Waals surface area contributed by atoms with Crippen LogP contribution in [0, 0.1) is 23.2 Å². The summed E-state index contributed by atoms with van der Waals surface area (Å²) in [5, 5.41) is 8.50. The van der Waals surface area contributed by atoms with Gasteiger partial charge in [0.15, 0.2) is 0 Å². The van der Waals surface area contributed by atoms with E-state index < -0.39 is 0 Å². The zero-order valence-corrected chi connectivity index (χ0v) is 7.38. The van der Waals surface area contributed by atoms with Crippen molar-refractivity contribution in [2.24, 2.45) is 11.8 Å². The molecule has 0 saturated carbocycles. The van der Waals surface area contributed by atoms with Crippen LogP contribution in [0.2, 0.25) is 0 Å². The first kappa shape index (κ1) is 8.55. The highest BCUT2D eigenvalue weighted by Crippen LogP contribution is 2.19. The molecule has 62 valence electrons. The maximum absolute atomic E-state index is 8.50. The second-order valence-corrected chi connectivity index (χ2v) is 3.80. The molecule has 2 heteroatoms. The van der Waals surface area contributed by atoms with Crippen molar-refractivity contribution in [2.45, 2.75) is 20.3 Å². The van der Waals surface area contributed by atoms with Crippen LogP contribution in [0.1, 0.15) is 20.3 Å². The molecule has 2 nitrogen and oxygen atoms in total. The van der Waals surface area contributed by atoms with E-state index in [4.69, 9.17) is 5.26 Å². The van der Waals surface area contributed by atoms with Crippen LogP contribution in [0.25, 0.3) is 0 Å². The van der Waals surface area contributed by atoms with Gasteiger partial charge >= 0.3 is 0 Å². The predicted molar refractivity (Wildman–Crippen MR) is 45.0 cm³/mol. The molecular formula is C9H16N2. The molecule has 0 aromatic heterocycles. The lowest BCUT2D eigenvalue weighted by molar-refractivity contribution is 0.156. The number of rotatable bonds is 1. The second kappa shape index (κ2) is 3.73. The van der Waals surface area contributed by atoms with E-state index in [-0.39, 0.29) is 0 Å². The monoisotopic (exact) mass is 152 g/mol. The highest BCUT2D eigenvalue weighted by Gasteiger charge is 2.20. The number of nitriles is 1. The minimum absolute atomic E-state index is 0.606. The summed E-state index contributed by atoms with van der Waals surface area (Å²) in [4.78, 5) is 2.25. The van der Waals surface area contributed by atoms with Crippen LogP contribution >= 0.6 is 0 Å². The Balaban J connectivity index is 2.38. The van der Waals surface area contributed by atoms with Gasteiger partial charge in [-0.1, -0.05) is 13.8 Å². The van der Waals surface area contributed by atoms with E-state index in [9.17, 15) is 0 Å². The van der Waals surface area contributed by atoms with Crippen molar-refractivity contribution in [3.05, 3.63) is 0 Å². The summed E-state index contributed by atoms with van der Waals surface area (Å²) in [6.07, 6.45) is 1.32. The van der Waals surface area contributed by atoms with Gasteiger partial charge in [0.2, 0.25) is 0 Å². The highest BCUT2D eigenvalue weighted by molar-refractivity contribution is 4.82. The zero-order chi connectivity index (χ0) is 8.27.